The van der Waals surface area contributed by atoms with Gasteiger partial charge in [-0.15, -0.1) is 0 Å². The third-order valence-corrected chi connectivity index (χ3v) is 6.07. The first-order valence-electron chi connectivity index (χ1n) is 8.07. The summed E-state index contributed by atoms with van der Waals surface area (Å²) in [6.07, 6.45) is 1.57. The number of benzene rings is 1. The van der Waals surface area contributed by atoms with Crippen molar-refractivity contribution >= 4 is 15.8 Å². The summed E-state index contributed by atoms with van der Waals surface area (Å²) < 4.78 is 56.4. The van der Waals surface area contributed by atoms with Crippen molar-refractivity contribution in [1.29, 1.82) is 5.26 Å². The summed E-state index contributed by atoms with van der Waals surface area (Å²) in [5.41, 5.74) is 0.407. The highest BCUT2D eigenvalue weighted by molar-refractivity contribution is 7.89. The van der Waals surface area contributed by atoms with Crippen LogP contribution in [0.2, 0.25) is 0 Å². The van der Waals surface area contributed by atoms with Crippen molar-refractivity contribution in [2.45, 2.75) is 11.5 Å². The molecule has 1 aliphatic heterocycles. The number of anilines is 1. The van der Waals surface area contributed by atoms with Gasteiger partial charge in [0.15, 0.2) is 0 Å². The maximum Gasteiger partial charge on any atom is 0.387 e. The molecule has 0 saturated carbocycles. The maximum atomic E-state index is 12.9. The molecular formula is C17H16F2N4O3S. The third-order valence-electron chi connectivity index (χ3n) is 4.13. The molecule has 0 spiro atoms. The fourth-order valence-electron chi connectivity index (χ4n) is 2.87. The summed E-state index contributed by atoms with van der Waals surface area (Å²) in [5.74, 6) is 0.116. The van der Waals surface area contributed by atoms with Crippen LogP contribution < -0.4 is 9.64 Å². The second-order valence-corrected chi connectivity index (χ2v) is 7.61. The lowest BCUT2D eigenvalue weighted by Gasteiger charge is -2.35. The van der Waals surface area contributed by atoms with Crippen molar-refractivity contribution < 1.29 is 21.9 Å². The number of nitriles is 1. The van der Waals surface area contributed by atoms with Gasteiger partial charge in [0, 0.05) is 32.4 Å². The number of para-hydroxylation sites is 1. The minimum Gasteiger partial charge on any atom is -0.433 e. The van der Waals surface area contributed by atoms with E-state index in [9.17, 15) is 22.5 Å². The van der Waals surface area contributed by atoms with Gasteiger partial charge in [0.25, 0.3) is 0 Å². The van der Waals surface area contributed by atoms with Gasteiger partial charge < -0.3 is 9.64 Å². The van der Waals surface area contributed by atoms with E-state index in [0.717, 1.165) is 0 Å². The molecule has 142 valence electrons. The Morgan fingerprint density at radius 2 is 1.81 bits per heavy atom. The van der Waals surface area contributed by atoms with Crippen LogP contribution in [0.25, 0.3) is 0 Å². The van der Waals surface area contributed by atoms with Crippen LogP contribution >= 0.6 is 0 Å². The minimum absolute atomic E-state index is 0.132. The second kappa shape index (κ2) is 7.85. The van der Waals surface area contributed by atoms with Gasteiger partial charge in [0.2, 0.25) is 10.0 Å². The highest BCUT2D eigenvalue weighted by Gasteiger charge is 2.32. The molecule has 3 rings (SSSR count). The molecule has 1 saturated heterocycles. The number of rotatable bonds is 5. The molecule has 2 heterocycles. The summed E-state index contributed by atoms with van der Waals surface area (Å²) in [7, 11) is -4.00. The van der Waals surface area contributed by atoms with E-state index in [-0.39, 0.29) is 23.7 Å². The number of halogens is 2. The Morgan fingerprint density at radius 1 is 1.11 bits per heavy atom. The Balaban J connectivity index is 1.79. The molecule has 7 nitrogen and oxygen atoms in total. The SMILES string of the molecule is N#Cc1cccnc1N1CCN(S(=O)(=O)c2ccccc2OC(F)F)CC1. The Morgan fingerprint density at radius 3 is 2.48 bits per heavy atom. The number of aromatic nitrogens is 1. The highest BCUT2D eigenvalue weighted by Crippen LogP contribution is 2.29. The van der Waals surface area contributed by atoms with E-state index in [4.69, 9.17) is 0 Å². The Kier molecular flexibility index (Phi) is 5.53. The largest absolute Gasteiger partial charge is 0.433 e. The molecule has 0 radical (unpaired) electrons. The molecule has 0 amide bonds. The average Bonchev–Trinajstić information content (AvgIpc) is 2.68. The number of ether oxygens (including phenoxy) is 1. The van der Waals surface area contributed by atoms with Gasteiger partial charge in [0.05, 0.1) is 5.56 Å². The molecule has 0 atom stereocenters. The van der Waals surface area contributed by atoms with Crippen molar-refractivity contribution in [3.8, 4) is 11.8 Å². The third kappa shape index (κ3) is 3.99. The van der Waals surface area contributed by atoms with E-state index in [1.807, 2.05) is 4.90 Å². The van der Waals surface area contributed by atoms with Gasteiger partial charge in [-0.05, 0) is 24.3 Å². The quantitative estimate of drug-likeness (QED) is 0.772. The number of piperazine rings is 1. The molecule has 1 fully saturated rings. The normalized spacial score (nSPS) is 15.6. The zero-order valence-electron chi connectivity index (χ0n) is 14.1. The summed E-state index contributed by atoms with van der Waals surface area (Å²) in [6.45, 7) is -2.21. The lowest BCUT2D eigenvalue weighted by atomic mass is 10.2. The highest BCUT2D eigenvalue weighted by atomic mass is 32.2. The summed E-state index contributed by atoms with van der Waals surface area (Å²) >= 11 is 0. The zero-order chi connectivity index (χ0) is 19.4. The Bertz CT molecular complexity index is 955. The topological polar surface area (TPSA) is 86.5 Å². The van der Waals surface area contributed by atoms with E-state index < -0.39 is 16.6 Å². The van der Waals surface area contributed by atoms with E-state index in [1.165, 1.54) is 28.6 Å². The van der Waals surface area contributed by atoms with Crippen LogP contribution in [-0.2, 0) is 10.0 Å². The van der Waals surface area contributed by atoms with Gasteiger partial charge in [-0.1, -0.05) is 12.1 Å². The van der Waals surface area contributed by atoms with E-state index in [1.54, 1.807) is 18.3 Å². The van der Waals surface area contributed by atoms with E-state index in [0.29, 0.717) is 24.5 Å². The average molecular weight is 394 g/mol. The number of hydrogen-bond donors (Lipinski definition) is 0. The summed E-state index contributed by atoms with van der Waals surface area (Å²) in [5, 5.41) is 9.18. The number of alkyl halides is 2. The van der Waals surface area contributed by atoms with Crippen LogP contribution in [0.5, 0.6) is 5.75 Å². The second-order valence-electron chi connectivity index (χ2n) is 5.70. The molecule has 10 heteroatoms. The lowest BCUT2D eigenvalue weighted by molar-refractivity contribution is -0.0517. The van der Waals surface area contributed by atoms with Crippen LogP contribution in [0.1, 0.15) is 5.56 Å². The van der Waals surface area contributed by atoms with Gasteiger partial charge in [-0.25, -0.2) is 13.4 Å². The fourth-order valence-corrected chi connectivity index (χ4v) is 4.42. The van der Waals surface area contributed by atoms with Crippen LogP contribution in [0, 0.1) is 11.3 Å². The number of hydrogen-bond acceptors (Lipinski definition) is 6. The van der Waals surface area contributed by atoms with Crippen molar-refractivity contribution in [3.63, 3.8) is 0 Å². The summed E-state index contributed by atoms with van der Waals surface area (Å²) in [6, 6.07) is 10.7. The molecule has 0 N–H and O–H groups in total. The van der Waals surface area contributed by atoms with E-state index >= 15 is 0 Å². The molecule has 27 heavy (non-hydrogen) atoms. The molecule has 1 aromatic heterocycles. The first-order valence-corrected chi connectivity index (χ1v) is 9.51. The predicted octanol–water partition coefficient (Wildman–Crippen LogP) is 2.07. The van der Waals surface area contributed by atoms with Gasteiger partial charge in [-0.2, -0.15) is 18.3 Å². The lowest BCUT2D eigenvalue weighted by Crippen LogP contribution is -2.49. The van der Waals surface area contributed by atoms with Crippen LogP contribution in [-0.4, -0.2) is 50.5 Å². The van der Waals surface area contributed by atoms with Gasteiger partial charge in [0.1, 0.15) is 22.5 Å². The van der Waals surface area contributed by atoms with Crippen LogP contribution in [0.3, 0.4) is 0 Å². The smallest absolute Gasteiger partial charge is 0.387 e. The van der Waals surface area contributed by atoms with Crippen LogP contribution in [0.4, 0.5) is 14.6 Å². The van der Waals surface area contributed by atoms with Crippen molar-refractivity contribution in [2.75, 3.05) is 31.1 Å². The molecule has 1 aliphatic rings. The summed E-state index contributed by atoms with van der Waals surface area (Å²) in [4.78, 5) is 5.73. The first kappa shape index (κ1) is 19.0. The number of sulfonamides is 1. The Hall–Kier alpha value is -2.77. The monoisotopic (exact) mass is 394 g/mol. The Labute approximate surface area is 155 Å². The maximum absolute atomic E-state index is 12.9. The van der Waals surface area contributed by atoms with Gasteiger partial charge in [-0.3, -0.25) is 0 Å². The molecule has 0 unspecified atom stereocenters. The van der Waals surface area contributed by atoms with Crippen LogP contribution in [0.15, 0.2) is 47.5 Å². The van der Waals surface area contributed by atoms with Crippen molar-refractivity contribution in [2.24, 2.45) is 0 Å². The van der Waals surface area contributed by atoms with Crippen molar-refractivity contribution in [3.05, 3.63) is 48.2 Å². The number of nitrogens with zero attached hydrogens (tertiary/aromatic N) is 4. The fraction of sp³-hybridized carbons (Fsp3) is 0.294. The molecule has 0 aliphatic carbocycles. The minimum atomic E-state index is -4.00. The molecule has 0 bridgehead atoms. The molecule has 1 aromatic carbocycles. The predicted molar refractivity (Wildman–Crippen MR) is 93.0 cm³/mol. The van der Waals surface area contributed by atoms with E-state index in [2.05, 4.69) is 15.8 Å². The molecular weight excluding hydrogens is 378 g/mol. The van der Waals surface area contributed by atoms with Crippen molar-refractivity contribution in [1.82, 2.24) is 9.29 Å². The molecule has 2 aromatic rings. The zero-order valence-corrected chi connectivity index (χ0v) is 14.9. The first-order chi connectivity index (χ1) is 12.9. The van der Waals surface area contributed by atoms with Gasteiger partial charge >= 0.3 is 6.61 Å². The standard InChI is InChI=1S/C17H16F2N4O3S/c18-17(19)26-14-5-1-2-6-15(14)27(24,25)23-10-8-22(9-11-23)16-13(12-20)4-3-7-21-16/h1-7,17H,8-11H2. The number of pyridine rings is 1.